The van der Waals surface area contributed by atoms with Crippen molar-refractivity contribution in [3.63, 3.8) is 0 Å². The van der Waals surface area contributed by atoms with Crippen molar-refractivity contribution in [2.24, 2.45) is 5.92 Å². The molecule has 0 aromatic heterocycles. The van der Waals surface area contributed by atoms with E-state index in [1.165, 1.54) is 11.1 Å². The lowest BCUT2D eigenvalue weighted by Gasteiger charge is -2.20. The van der Waals surface area contributed by atoms with E-state index in [4.69, 9.17) is 9.47 Å². The molecule has 0 saturated carbocycles. The summed E-state index contributed by atoms with van der Waals surface area (Å²) in [6.45, 7) is 6.89. The van der Waals surface area contributed by atoms with Gasteiger partial charge in [-0.1, -0.05) is 51.5 Å². The highest BCUT2D eigenvalue weighted by atomic mass is 16.5. The molecule has 0 spiro atoms. The van der Waals surface area contributed by atoms with E-state index in [0.717, 1.165) is 12.8 Å². The Hall–Kier alpha value is -2.53. The van der Waals surface area contributed by atoms with Crippen molar-refractivity contribution in [2.75, 3.05) is 26.1 Å². The van der Waals surface area contributed by atoms with Gasteiger partial charge in [0.15, 0.2) is 6.54 Å². The number of nitrogens with one attached hydrogen (secondary N) is 1. The number of nitrogens with two attached hydrogens (primary N) is 1. The Morgan fingerprint density at radius 3 is 2.36 bits per heavy atom. The molecule has 0 radical (unpaired) electrons. The minimum absolute atomic E-state index is 0.0696. The van der Waals surface area contributed by atoms with Crippen LogP contribution in [-0.2, 0) is 11.2 Å². The molecule has 0 saturated heterocycles. The van der Waals surface area contributed by atoms with Gasteiger partial charge in [0.05, 0.1) is 19.9 Å². The maximum atomic E-state index is 12.5. The molecule has 0 aliphatic carbocycles. The van der Waals surface area contributed by atoms with Crippen molar-refractivity contribution in [3.05, 3.63) is 53.6 Å². The van der Waals surface area contributed by atoms with Crippen LogP contribution in [0.2, 0.25) is 0 Å². The maximum Gasteiger partial charge on any atom is 0.279 e. The number of carbonyl (C=O) groups is 1. The van der Waals surface area contributed by atoms with Gasteiger partial charge >= 0.3 is 0 Å². The fourth-order valence-electron chi connectivity index (χ4n) is 3.34. The number of rotatable bonds is 10. The second-order valence-electron chi connectivity index (χ2n) is 7.32. The van der Waals surface area contributed by atoms with Crippen LogP contribution in [0.1, 0.15) is 44.4 Å². The van der Waals surface area contributed by atoms with E-state index in [0.29, 0.717) is 29.6 Å². The maximum absolute atomic E-state index is 12.5. The summed E-state index contributed by atoms with van der Waals surface area (Å²) in [4.78, 5) is 12.5. The van der Waals surface area contributed by atoms with Crippen LogP contribution in [0.25, 0.3) is 0 Å². The number of aryl methyl sites for hydroxylation is 1. The van der Waals surface area contributed by atoms with E-state index in [1.54, 1.807) is 32.4 Å². The van der Waals surface area contributed by atoms with Crippen molar-refractivity contribution >= 4 is 11.6 Å². The van der Waals surface area contributed by atoms with Gasteiger partial charge in [0.1, 0.15) is 17.5 Å². The lowest BCUT2D eigenvalue weighted by atomic mass is 9.94. The number of methoxy groups -OCH3 is 2. The summed E-state index contributed by atoms with van der Waals surface area (Å²) < 4.78 is 10.6. The molecule has 0 aliphatic heterocycles. The van der Waals surface area contributed by atoms with E-state index in [9.17, 15) is 4.79 Å². The van der Waals surface area contributed by atoms with E-state index in [1.807, 2.05) is 0 Å². The Morgan fingerprint density at radius 2 is 1.79 bits per heavy atom. The molecule has 152 valence electrons. The molecular weight excluding hydrogens is 352 g/mol. The fraction of sp³-hybridized carbons (Fsp3) is 0.435. The third kappa shape index (κ3) is 5.99. The minimum atomic E-state index is -0.0696. The lowest BCUT2D eigenvalue weighted by molar-refractivity contribution is -0.692. The van der Waals surface area contributed by atoms with Crippen LogP contribution >= 0.6 is 0 Å². The number of quaternary nitrogens is 1. The first-order chi connectivity index (χ1) is 13.5. The van der Waals surface area contributed by atoms with Crippen LogP contribution in [0.4, 0.5) is 5.69 Å². The summed E-state index contributed by atoms with van der Waals surface area (Å²) >= 11 is 0. The highest BCUT2D eigenvalue weighted by Gasteiger charge is 2.21. The minimum Gasteiger partial charge on any atom is -0.497 e. The first-order valence-corrected chi connectivity index (χ1v) is 9.92. The Bertz CT molecular complexity index is 757. The summed E-state index contributed by atoms with van der Waals surface area (Å²) in [5.74, 6) is 1.63. The van der Waals surface area contributed by atoms with Gasteiger partial charge in [0.2, 0.25) is 0 Å². The summed E-state index contributed by atoms with van der Waals surface area (Å²) in [5.41, 5.74) is 3.23. The molecule has 0 unspecified atom stereocenters. The predicted octanol–water partition coefficient (Wildman–Crippen LogP) is 3.56. The second-order valence-corrected chi connectivity index (χ2v) is 7.32. The van der Waals surface area contributed by atoms with Crippen molar-refractivity contribution in [2.45, 2.75) is 39.7 Å². The quantitative estimate of drug-likeness (QED) is 0.657. The van der Waals surface area contributed by atoms with Gasteiger partial charge in [-0.2, -0.15) is 0 Å². The Labute approximate surface area is 168 Å². The molecule has 0 fully saturated rings. The standard InChI is InChI=1S/C23H32N2O3/c1-6-7-17-8-10-18(11-9-17)23(16(2)3)24-15-22(26)25-20-14-19(27-4)12-13-21(20)28-5/h8-14,16,23-24H,6-7,15H2,1-5H3,(H,25,26)/p+1/t23-/m0/s1. The van der Waals surface area contributed by atoms with E-state index in [2.05, 4.69) is 55.7 Å². The number of hydrogen-bond donors (Lipinski definition) is 2. The summed E-state index contributed by atoms with van der Waals surface area (Å²) in [5, 5.41) is 5.03. The van der Waals surface area contributed by atoms with Gasteiger partial charge in [-0.15, -0.1) is 0 Å². The Balaban J connectivity index is 2.02. The third-order valence-corrected chi connectivity index (χ3v) is 4.86. The van der Waals surface area contributed by atoms with Crippen molar-refractivity contribution in [3.8, 4) is 11.5 Å². The zero-order chi connectivity index (χ0) is 20.5. The second kappa shape index (κ2) is 10.7. The van der Waals surface area contributed by atoms with Crippen LogP contribution in [-0.4, -0.2) is 26.7 Å². The number of hydrogen-bond acceptors (Lipinski definition) is 3. The molecule has 28 heavy (non-hydrogen) atoms. The monoisotopic (exact) mass is 385 g/mol. The molecule has 1 amide bonds. The van der Waals surface area contributed by atoms with Gasteiger partial charge < -0.3 is 20.1 Å². The van der Waals surface area contributed by atoms with Gasteiger partial charge in [0.25, 0.3) is 5.91 Å². The van der Waals surface area contributed by atoms with Gasteiger partial charge in [-0.25, -0.2) is 0 Å². The van der Waals surface area contributed by atoms with E-state index >= 15 is 0 Å². The van der Waals surface area contributed by atoms with Crippen LogP contribution in [0.3, 0.4) is 0 Å². The van der Waals surface area contributed by atoms with Crippen LogP contribution in [0, 0.1) is 5.92 Å². The van der Waals surface area contributed by atoms with Crippen LogP contribution in [0.5, 0.6) is 11.5 Å². The average molecular weight is 386 g/mol. The molecule has 0 bridgehead atoms. The van der Waals surface area contributed by atoms with Crippen molar-refractivity contribution in [1.82, 2.24) is 0 Å². The summed E-state index contributed by atoms with van der Waals surface area (Å²) in [7, 11) is 3.18. The molecular formula is C23H33N2O3+. The third-order valence-electron chi connectivity index (χ3n) is 4.86. The largest absolute Gasteiger partial charge is 0.497 e. The first-order valence-electron chi connectivity index (χ1n) is 9.92. The fourth-order valence-corrected chi connectivity index (χ4v) is 3.34. The Morgan fingerprint density at radius 1 is 1.07 bits per heavy atom. The number of carbonyl (C=O) groups excluding carboxylic acids is 1. The van der Waals surface area contributed by atoms with Gasteiger partial charge in [0, 0.05) is 17.5 Å². The SMILES string of the molecule is CCCc1ccc([C@@H]([NH2+]CC(=O)Nc2cc(OC)ccc2OC)C(C)C)cc1. The van der Waals surface area contributed by atoms with Crippen molar-refractivity contribution < 1.29 is 19.6 Å². The molecule has 2 aromatic rings. The lowest BCUT2D eigenvalue weighted by Crippen LogP contribution is -2.88. The van der Waals surface area contributed by atoms with Gasteiger partial charge in [-0.05, 0) is 24.1 Å². The topological polar surface area (TPSA) is 64.2 Å². The number of ether oxygens (including phenoxy) is 2. The smallest absolute Gasteiger partial charge is 0.279 e. The highest BCUT2D eigenvalue weighted by Crippen LogP contribution is 2.28. The zero-order valence-corrected chi connectivity index (χ0v) is 17.6. The molecule has 5 nitrogen and oxygen atoms in total. The average Bonchev–Trinajstić information content (AvgIpc) is 2.69. The summed E-state index contributed by atoms with van der Waals surface area (Å²) in [6, 6.07) is 14.4. The summed E-state index contributed by atoms with van der Waals surface area (Å²) in [6.07, 6.45) is 2.24. The molecule has 1 atom stereocenters. The van der Waals surface area contributed by atoms with E-state index < -0.39 is 0 Å². The Kier molecular flexibility index (Phi) is 8.33. The molecule has 5 heteroatoms. The van der Waals surface area contributed by atoms with Crippen LogP contribution < -0.4 is 20.1 Å². The molecule has 2 rings (SSSR count). The molecule has 2 aromatic carbocycles. The molecule has 0 heterocycles. The number of amides is 1. The van der Waals surface area contributed by atoms with Gasteiger partial charge in [-0.3, -0.25) is 4.79 Å². The predicted molar refractivity (Wildman–Crippen MR) is 113 cm³/mol. The first kappa shape index (κ1) is 21.8. The van der Waals surface area contributed by atoms with E-state index in [-0.39, 0.29) is 11.9 Å². The zero-order valence-electron chi connectivity index (χ0n) is 17.6. The van der Waals surface area contributed by atoms with Crippen molar-refractivity contribution in [1.29, 1.82) is 0 Å². The van der Waals surface area contributed by atoms with Crippen LogP contribution in [0.15, 0.2) is 42.5 Å². The molecule has 0 aliphatic rings. The normalized spacial score (nSPS) is 11.9. The number of benzene rings is 2. The number of anilines is 1. The molecule has 3 N–H and O–H groups in total. The highest BCUT2D eigenvalue weighted by molar-refractivity contribution is 5.93.